The molecule has 0 saturated carbocycles. The molecule has 10 nitrogen and oxygen atoms in total. The van der Waals surface area contributed by atoms with Gasteiger partial charge in [-0.3, -0.25) is 14.5 Å². The number of hydrogen-bond donors (Lipinski definition) is 2. The molecule has 2 heterocycles. The monoisotopic (exact) mass is 447 g/mol. The van der Waals surface area contributed by atoms with Gasteiger partial charge in [0.05, 0.1) is 23.3 Å². The number of carbonyl (C=O) groups excluding carboxylic acids is 3. The molecule has 0 aliphatic carbocycles. The van der Waals surface area contributed by atoms with Gasteiger partial charge in [0, 0.05) is 11.3 Å². The van der Waals surface area contributed by atoms with Crippen molar-refractivity contribution in [2.75, 3.05) is 13.7 Å². The third-order valence-corrected chi connectivity index (χ3v) is 6.18. The molecule has 1 atom stereocenters. The predicted molar refractivity (Wildman–Crippen MR) is 110 cm³/mol. The normalized spacial score (nSPS) is 16.3. The minimum absolute atomic E-state index is 0.0323. The molecule has 0 unspecified atom stereocenters. The van der Waals surface area contributed by atoms with Crippen molar-refractivity contribution in [1.29, 1.82) is 0 Å². The van der Waals surface area contributed by atoms with E-state index < -0.39 is 40.4 Å². The lowest BCUT2D eigenvalue weighted by atomic mass is 10.1. The molecule has 2 N–H and O–H groups in total. The molecule has 1 aromatic heterocycles. The first-order chi connectivity index (χ1) is 14.6. The molecule has 3 rings (SSSR count). The van der Waals surface area contributed by atoms with E-state index in [0.717, 1.165) is 0 Å². The quantitative estimate of drug-likeness (QED) is 0.501. The molecule has 0 spiro atoms. The zero-order valence-corrected chi connectivity index (χ0v) is 18.1. The molecule has 1 aromatic carbocycles. The summed E-state index contributed by atoms with van der Waals surface area (Å²) in [6, 6.07) is 5.18. The molecule has 1 aliphatic rings. The number of aryl methyl sites for hydroxylation is 1. The first-order valence-corrected chi connectivity index (χ1v) is 10.7. The van der Waals surface area contributed by atoms with Gasteiger partial charge in [-0.2, -0.15) is 0 Å². The number of aromatic nitrogens is 1. The highest BCUT2D eigenvalue weighted by atomic mass is 32.2. The van der Waals surface area contributed by atoms with E-state index in [-0.39, 0.29) is 22.0 Å². The van der Waals surface area contributed by atoms with Crippen LogP contribution in [0.4, 0.5) is 0 Å². The van der Waals surface area contributed by atoms with Crippen molar-refractivity contribution in [3.63, 3.8) is 0 Å². The number of Topliss-reactive ketones (excluding diaryl/α,β-unsaturated/α-hetero) is 1. The summed E-state index contributed by atoms with van der Waals surface area (Å²) >= 11 is 0. The van der Waals surface area contributed by atoms with Crippen LogP contribution in [0.1, 0.15) is 44.6 Å². The Bertz CT molecular complexity index is 1210. The Morgan fingerprint density at radius 3 is 2.52 bits per heavy atom. The van der Waals surface area contributed by atoms with Crippen molar-refractivity contribution in [2.24, 2.45) is 4.99 Å². The molecule has 164 valence electrons. The smallest absolute Gasteiger partial charge is 0.339 e. The summed E-state index contributed by atoms with van der Waals surface area (Å²) < 4.78 is 36.3. The van der Waals surface area contributed by atoms with Crippen LogP contribution in [0.15, 0.2) is 34.2 Å². The van der Waals surface area contributed by atoms with Crippen molar-refractivity contribution in [3.8, 4) is 0 Å². The number of carbonyl (C=O) groups is 3. The summed E-state index contributed by atoms with van der Waals surface area (Å²) in [4.78, 5) is 43.6. The SMILES string of the molecule is COC(=O)c1c(C)[nH]c(C(=O)COC(=O)[C@@H](C)N=C2NS(=O)(=O)c3ccccc32)c1C. The molecule has 1 aliphatic heterocycles. The van der Waals surface area contributed by atoms with Gasteiger partial charge in [-0.1, -0.05) is 12.1 Å². The maximum Gasteiger partial charge on any atom is 0.339 e. The van der Waals surface area contributed by atoms with Crippen LogP contribution in [0, 0.1) is 13.8 Å². The number of aromatic amines is 1. The summed E-state index contributed by atoms with van der Waals surface area (Å²) in [5.41, 5.74) is 1.61. The standard InChI is InChI=1S/C20H21N3O7S/c1-10-16(20(26)29-4)11(2)21-17(10)14(24)9-30-19(25)12(3)22-18-13-7-5-6-8-15(13)31(27,28)23-18/h5-8,12,21H,9H2,1-4H3,(H,22,23)/t12-/m1/s1. The molecule has 0 amide bonds. The minimum Gasteiger partial charge on any atom is -0.465 e. The summed E-state index contributed by atoms with van der Waals surface area (Å²) in [7, 11) is -2.49. The van der Waals surface area contributed by atoms with Crippen LogP contribution in [0.5, 0.6) is 0 Å². The topological polar surface area (TPSA) is 144 Å². The Kier molecular flexibility index (Phi) is 5.98. The first kappa shape index (κ1) is 22.2. The fourth-order valence-corrected chi connectivity index (χ4v) is 4.48. The number of H-pyrrole nitrogens is 1. The number of amidine groups is 1. The van der Waals surface area contributed by atoms with E-state index >= 15 is 0 Å². The van der Waals surface area contributed by atoms with Crippen molar-refractivity contribution >= 4 is 33.6 Å². The van der Waals surface area contributed by atoms with E-state index in [1.54, 1.807) is 32.0 Å². The number of aliphatic imine (C=N–C) groups is 1. The van der Waals surface area contributed by atoms with Gasteiger partial charge in [0.2, 0.25) is 5.78 Å². The highest BCUT2D eigenvalue weighted by molar-refractivity contribution is 7.90. The van der Waals surface area contributed by atoms with Gasteiger partial charge in [-0.25, -0.2) is 18.0 Å². The number of nitrogens with one attached hydrogen (secondary N) is 2. The second kappa shape index (κ2) is 8.34. The number of esters is 2. The van der Waals surface area contributed by atoms with Gasteiger partial charge in [-0.15, -0.1) is 0 Å². The van der Waals surface area contributed by atoms with Gasteiger partial charge in [0.25, 0.3) is 10.0 Å². The molecule has 31 heavy (non-hydrogen) atoms. The lowest BCUT2D eigenvalue weighted by Crippen LogP contribution is -2.27. The molecule has 0 saturated heterocycles. The number of nitrogens with zero attached hydrogens (tertiary/aromatic N) is 1. The number of benzene rings is 1. The third kappa shape index (κ3) is 4.22. The van der Waals surface area contributed by atoms with E-state index in [1.165, 1.54) is 20.1 Å². The Labute approximate surface area is 178 Å². The van der Waals surface area contributed by atoms with Crippen LogP contribution in [-0.2, 0) is 24.3 Å². The maximum atomic E-state index is 12.5. The summed E-state index contributed by atoms with van der Waals surface area (Å²) in [5, 5.41) is 0. The lowest BCUT2D eigenvalue weighted by Gasteiger charge is -2.09. The number of hydrogen-bond acceptors (Lipinski definition) is 8. The summed E-state index contributed by atoms with van der Waals surface area (Å²) in [6.45, 7) is 4.07. The zero-order valence-electron chi connectivity index (χ0n) is 17.3. The first-order valence-electron chi connectivity index (χ1n) is 9.24. The maximum absolute atomic E-state index is 12.5. The number of methoxy groups -OCH3 is 1. The average Bonchev–Trinajstić information content (AvgIpc) is 3.17. The Morgan fingerprint density at radius 1 is 1.16 bits per heavy atom. The van der Waals surface area contributed by atoms with Crippen LogP contribution in [0.3, 0.4) is 0 Å². The van der Waals surface area contributed by atoms with Crippen molar-refractivity contribution in [3.05, 3.63) is 52.3 Å². The van der Waals surface area contributed by atoms with Crippen LogP contribution < -0.4 is 4.72 Å². The Hall–Kier alpha value is -3.47. The second-order valence-electron chi connectivity index (χ2n) is 6.90. The fourth-order valence-electron chi connectivity index (χ4n) is 3.24. The van der Waals surface area contributed by atoms with Gasteiger partial charge < -0.3 is 14.5 Å². The summed E-state index contributed by atoms with van der Waals surface area (Å²) in [6.07, 6.45) is 0. The molecule has 0 bridgehead atoms. The molecule has 0 fully saturated rings. The van der Waals surface area contributed by atoms with Gasteiger partial charge >= 0.3 is 11.9 Å². The third-order valence-electron chi connectivity index (χ3n) is 4.78. The van der Waals surface area contributed by atoms with E-state index in [2.05, 4.69) is 14.7 Å². The van der Waals surface area contributed by atoms with Crippen LogP contribution in [0.25, 0.3) is 0 Å². The number of ether oxygens (including phenoxy) is 2. The predicted octanol–water partition coefficient (Wildman–Crippen LogP) is 1.27. The van der Waals surface area contributed by atoms with E-state index in [9.17, 15) is 22.8 Å². The number of sulfonamides is 1. The Balaban J connectivity index is 1.70. The van der Waals surface area contributed by atoms with Crippen molar-refractivity contribution in [1.82, 2.24) is 9.71 Å². The fraction of sp³-hybridized carbons (Fsp3) is 0.300. The molecule has 2 aromatic rings. The van der Waals surface area contributed by atoms with Crippen LogP contribution in [0.2, 0.25) is 0 Å². The highest BCUT2D eigenvalue weighted by Gasteiger charge is 2.31. The van der Waals surface area contributed by atoms with Gasteiger partial charge in [0.15, 0.2) is 6.61 Å². The largest absolute Gasteiger partial charge is 0.465 e. The van der Waals surface area contributed by atoms with E-state index in [4.69, 9.17) is 9.47 Å². The number of fused-ring (bicyclic) bond motifs is 1. The van der Waals surface area contributed by atoms with Gasteiger partial charge in [-0.05, 0) is 38.5 Å². The average molecular weight is 447 g/mol. The van der Waals surface area contributed by atoms with E-state index in [1.807, 2.05) is 0 Å². The van der Waals surface area contributed by atoms with E-state index in [0.29, 0.717) is 16.8 Å². The van der Waals surface area contributed by atoms with Crippen molar-refractivity contribution < 1.29 is 32.3 Å². The van der Waals surface area contributed by atoms with Crippen LogP contribution in [-0.4, -0.2) is 56.7 Å². The number of rotatable bonds is 6. The molecular weight excluding hydrogens is 426 g/mol. The Morgan fingerprint density at radius 2 is 1.84 bits per heavy atom. The zero-order chi connectivity index (χ0) is 22.9. The molecular formula is C20H21N3O7S. The highest BCUT2D eigenvalue weighted by Crippen LogP contribution is 2.23. The second-order valence-corrected chi connectivity index (χ2v) is 8.55. The summed E-state index contributed by atoms with van der Waals surface area (Å²) in [5.74, 6) is -1.88. The molecule has 11 heteroatoms. The van der Waals surface area contributed by atoms with Crippen molar-refractivity contribution in [2.45, 2.75) is 31.7 Å². The van der Waals surface area contributed by atoms with Crippen LogP contribution >= 0.6 is 0 Å². The number of ketones is 1. The minimum atomic E-state index is -3.73. The molecule has 0 radical (unpaired) electrons. The lowest BCUT2D eigenvalue weighted by molar-refractivity contribution is -0.143. The van der Waals surface area contributed by atoms with Gasteiger partial charge in [0.1, 0.15) is 11.9 Å².